The Kier molecular flexibility index (Phi) is 3.85. The van der Waals surface area contributed by atoms with Crippen LogP contribution in [0.4, 0.5) is 0 Å². The van der Waals surface area contributed by atoms with E-state index in [1.165, 1.54) is 5.57 Å². The Morgan fingerprint density at radius 3 is 2.60 bits per heavy atom. The van der Waals surface area contributed by atoms with Crippen molar-refractivity contribution in [3.8, 4) is 0 Å². The summed E-state index contributed by atoms with van der Waals surface area (Å²) in [4.78, 5) is 24.4. The molecular weight excluding hydrogens is 312 g/mol. The van der Waals surface area contributed by atoms with Crippen LogP contribution in [-0.4, -0.2) is 22.8 Å². The van der Waals surface area contributed by atoms with E-state index in [1.54, 1.807) is 6.92 Å². The van der Waals surface area contributed by atoms with Crippen LogP contribution in [0.15, 0.2) is 11.6 Å². The lowest BCUT2D eigenvalue weighted by atomic mass is 9.45. The Hall–Kier alpha value is -0.960. The van der Waals surface area contributed by atoms with Crippen molar-refractivity contribution < 1.29 is 14.7 Å². The van der Waals surface area contributed by atoms with Gasteiger partial charge in [-0.05, 0) is 80.1 Å². The summed E-state index contributed by atoms with van der Waals surface area (Å²) < 4.78 is 0. The first-order valence-corrected chi connectivity index (χ1v) is 10.1. The highest BCUT2D eigenvalue weighted by Gasteiger charge is 2.62. The second kappa shape index (κ2) is 5.52. The Morgan fingerprint density at radius 1 is 1.20 bits per heavy atom. The normalized spacial score (nSPS) is 52.0. The van der Waals surface area contributed by atoms with Crippen LogP contribution in [0.2, 0.25) is 0 Å². The number of carbonyl (C=O) groups excluding carboxylic acids is 2. The van der Waals surface area contributed by atoms with Crippen LogP contribution < -0.4 is 0 Å². The minimum atomic E-state index is -0.361. The zero-order valence-corrected chi connectivity index (χ0v) is 16.0. The lowest BCUT2D eigenvalue weighted by Gasteiger charge is -2.60. The van der Waals surface area contributed by atoms with Crippen molar-refractivity contribution in [3.63, 3.8) is 0 Å². The largest absolute Gasteiger partial charge is 0.393 e. The van der Waals surface area contributed by atoms with Gasteiger partial charge in [0, 0.05) is 11.8 Å². The number of rotatable bonds is 1. The summed E-state index contributed by atoms with van der Waals surface area (Å²) in [5.74, 6) is 2.01. The van der Waals surface area contributed by atoms with Gasteiger partial charge in [-0.2, -0.15) is 0 Å². The summed E-state index contributed by atoms with van der Waals surface area (Å²) in [6.07, 6.45) is 7.32. The minimum absolute atomic E-state index is 0.0416. The fourth-order valence-electron chi connectivity index (χ4n) is 7.70. The summed E-state index contributed by atoms with van der Waals surface area (Å²) in [7, 11) is 0. The number of carbonyl (C=O) groups is 2. The van der Waals surface area contributed by atoms with Crippen molar-refractivity contribution in [2.24, 2.45) is 40.4 Å². The van der Waals surface area contributed by atoms with E-state index >= 15 is 0 Å². The SMILES string of the molecule is CC(=O)C1CCC2C3CCC4=CC(=O)C(C)CC4(C)C3C(O)CC12C. The fourth-order valence-corrected chi connectivity index (χ4v) is 7.70. The molecule has 8 atom stereocenters. The van der Waals surface area contributed by atoms with Crippen LogP contribution in [0.5, 0.6) is 0 Å². The first kappa shape index (κ1) is 17.5. The molecule has 0 saturated heterocycles. The maximum Gasteiger partial charge on any atom is 0.158 e. The summed E-state index contributed by atoms with van der Waals surface area (Å²) >= 11 is 0. The van der Waals surface area contributed by atoms with E-state index in [4.69, 9.17) is 0 Å². The summed E-state index contributed by atoms with van der Waals surface area (Å²) in [5, 5.41) is 11.2. The molecule has 0 aliphatic heterocycles. The molecular formula is C22H32O3. The van der Waals surface area contributed by atoms with Crippen LogP contribution in [0.1, 0.15) is 66.2 Å². The molecule has 8 unspecified atom stereocenters. The molecule has 0 bridgehead atoms. The Morgan fingerprint density at radius 2 is 1.92 bits per heavy atom. The average molecular weight is 344 g/mol. The summed E-state index contributed by atoms with van der Waals surface area (Å²) in [5.41, 5.74) is 1.19. The monoisotopic (exact) mass is 344 g/mol. The zero-order valence-electron chi connectivity index (χ0n) is 16.0. The van der Waals surface area contributed by atoms with Crippen LogP contribution >= 0.6 is 0 Å². The van der Waals surface area contributed by atoms with Gasteiger partial charge in [-0.3, -0.25) is 9.59 Å². The van der Waals surface area contributed by atoms with Crippen molar-refractivity contribution in [2.45, 2.75) is 72.3 Å². The quantitative estimate of drug-likeness (QED) is 0.784. The van der Waals surface area contributed by atoms with Crippen LogP contribution in [0, 0.1) is 40.4 Å². The first-order valence-electron chi connectivity index (χ1n) is 10.1. The van der Waals surface area contributed by atoms with Gasteiger partial charge in [-0.25, -0.2) is 0 Å². The number of ketones is 2. The number of fused-ring (bicyclic) bond motifs is 5. The number of hydrogen-bond donors (Lipinski definition) is 1. The van der Waals surface area contributed by atoms with Gasteiger partial charge in [0.05, 0.1) is 6.10 Å². The van der Waals surface area contributed by atoms with E-state index < -0.39 is 0 Å². The van der Waals surface area contributed by atoms with Crippen molar-refractivity contribution >= 4 is 11.6 Å². The number of hydrogen-bond acceptors (Lipinski definition) is 3. The van der Waals surface area contributed by atoms with Crippen LogP contribution in [0.3, 0.4) is 0 Å². The van der Waals surface area contributed by atoms with E-state index in [1.807, 2.05) is 13.0 Å². The molecule has 0 aromatic rings. The van der Waals surface area contributed by atoms with Gasteiger partial charge in [-0.15, -0.1) is 0 Å². The van der Waals surface area contributed by atoms with Gasteiger partial charge in [0.15, 0.2) is 5.78 Å². The molecule has 4 rings (SSSR count). The highest BCUT2D eigenvalue weighted by Crippen LogP contribution is 2.66. The van der Waals surface area contributed by atoms with Gasteiger partial charge in [-0.1, -0.05) is 26.3 Å². The predicted molar refractivity (Wildman–Crippen MR) is 96.8 cm³/mol. The van der Waals surface area contributed by atoms with E-state index in [-0.39, 0.29) is 40.5 Å². The first-order chi connectivity index (χ1) is 11.7. The second-order valence-electron chi connectivity index (χ2n) is 9.95. The van der Waals surface area contributed by atoms with Gasteiger partial charge in [0.1, 0.15) is 5.78 Å². The maximum absolute atomic E-state index is 12.2. The Bertz CT molecular complexity index is 650. The smallest absolute Gasteiger partial charge is 0.158 e. The maximum atomic E-state index is 12.2. The van der Waals surface area contributed by atoms with Gasteiger partial charge >= 0.3 is 0 Å². The number of Topliss-reactive ketones (excluding diaryl/α,β-unsaturated/α-hetero) is 1. The highest BCUT2D eigenvalue weighted by atomic mass is 16.3. The van der Waals surface area contributed by atoms with Crippen molar-refractivity contribution in [1.29, 1.82) is 0 Å². The molecule has 3 saturated carbocycles. The van der Waals surface area contributed by atoms with E-state index in [2.05, 4.69) is 13.8 Å². The molecule has 0 radical (unpaired) electrons. The third-order valence-corrected chi connectivity index (χ3v) is 8.69. The molecule has 3 heteroatoms. The van der Waals surface area contributed by atoms with E-state index in [0.29, 0.717) is 17.6 Å². The third-order valence-electron chi connectivity index (χ3n) is 8.69. The van der Waals surface area contributed by atoms with E-state index in [0.717, 1.165) is 38.5 Å². The van der Waals surface area contributed by atoms with Gasteiger partial charge in [0.25, 0.3) is 0 Å². The van der Waals surface area contributed by atoms with Crippen LogP contribution in [0.25, 0.3) is 0 Å². The van der Waals surface area contributed by atoms with E-state index in [9.17, 15) is 14.7 Å². The highest BCUT2D eigenvalue weighted by molar-refractivity contribution is 5.93. The molecule has 4 aliphatic carbocycles. The van der Waals surface area contributed by atoms with Crippen molar-refractivity contribution in [1.82, 2.24) is 0 Å². The average Bonchev–Trinajstić information content (AvgIpc) is 2.85. The molecule has 4 aliphatic rings. The second-order valence-corrected chi connectivity index (χ2v) is 9.95. The standard InChI is InChI=1S/C22H32O3/c1-12-10-21(3)14(9-18(12)24)5-6-15-17-8-7-16(13(2)23)22(17,4)11-19(25)20(15)21/h9,12,15-17,19-20,25H,5-8,10-11H2,1-4H3. The molecule has 3 nitrogen and oxygen atoms in total. The molecule has 25 heavy (non-hydrogen) atoms. The predicted octanol–water partition coefficient (Wildman–Crippen LogP) is 3.94. The molecule has 138 valence electrons. The topological polar surface area (TPSA) is 54.4 Å². The fraction of sp³-hybridized carbons (Fsp3) is 0.818. The lowest BCUT2D eigenvalue weighted by Crippen LogP contribution is -2.57. The number of aliphatic hydroxyl groups is 1. The Balaban J connectivity index is 1.73. The molecule has 0 heterocycles. The number of aliphatic hydroxyl groups excluding tert-OH is 1. The summed E-state index contributed by atoms with van der Waals surface area (Å²) in [6, 6.07) is 0. The van der Waals surface area contributed by atoms with Gasteiger partial charge in [0.2, 0.25) is 0 Å². The molecule has 0 amide bonds. The molecule has 0 aromatic carbocycles. The molecule has 0 aromatic heterocycles. The zero-order chi connectivity index (χ0) is 18.1. The van der Waals surface area contributed by atoms with Gasteiger partial charge < -0.3 is 5.11 Å². The summed E-state index contributed by atoms with van der Waals surface area (Å²) in [6.45, 7) is 8.32. The number of allylic oxidation sites excluding steroid dienone is 1. The Labute approximate surface area is 151 Å². The minimum Gasteiger partial charge on any atom is -0.393 e. The van der Waals surface area contributed by atoms with Crippen molar-refractivity contribution in [2.75, 3.05) is 0 Å². The van der Waals surface area contributed by atoms with Crippen molar-refractivity contribution in [3.05, 3.63) is 11.6 Å². The molecule has 1 N–H and O–H groups in total. The third kappa shape index (κ3) is 2.27. The molecule has 3 fully saturated rings. The molecule has 0 spiro atoms. The van der Waals surface area contributed by atoms with Crippen LogP contribution in [-0.2, 0) is 9.59 Å². The lowest BCUT2D eigenvalue weighted by molar-refractivity contribution is -0.145.